The molecular formula is C15H25NOS. The Balaban J connectivity index is 2.27. The summed E-state index contributed by atoms with van der Waals surface area (Å²) in [5, 5.41) is 5.69. The van der Waals surface area contributed by atoms with Gasteiger partial charge in [-0.3, -0.25) is 0 Å². The minimum Gasteiger partial charge on any atom is -0.376 e. The fourth-order valence-corrected chi connectivity index (χ4v) is 4.00. The molecule has 0 saturated heterocycles. The summed E-state index contributed by atoms with van der Waals surface area (Å²) in [6.45, 7) is 4.56. The topological polar surface area (TPSA) is 21.3 Å². The number of thiophene rings is 1. The van der Waals surface area contributed by atoms with Gasteiger partial charge in [-0.05, 0) is 62.6 Å². The van der Waals surface area contributed by atoms with Gasteiger partial charge in [0.25, 0.3) is 0 Å². The number of rotatable bonds is 4. The van der Waals surface area contributed by atoms with Crippen molar-refractivity contribution in [1.29, 1.82) is 0 Å². The van der Waals surface area contributed by atoms with Gasteiger partial charge in [0, 0.05) is 12.0 Å². The summed E-state index contributed by atoms with van der Waals surface area (Å²) in [7, 11) is 3.93. The first-order chi connectivity index (χ1) is 8.63. The van der Waals surface area contributed by atoms with E-state index in [1.807, 2.05) is 18.4 Å². The van der Waals surface area contributed by atoms with Gasteiger partial charge in [-0.15, -0.1) is 11.3 Å². The summed E-state index contributed by atoms with van der Waals surface area (Å²) in [5.41, 5.74) is 1.39. The molecule has 0 amide bonds. The summed E-state index contributed by atoms with van der Waals surface area (Å²) in [5.74, 6) is 0.842. The Bertz CT molecular complexity index is 380. The van der Waals surface area contributed by atoms with E-state index in [9.17, 15) is 0 Å². The molecule has 1 heterocycles. The van der Waals surface area contributed by atoms with Crippen molar-refractivity contribution in [1.82, 2.24) is 5.32 Å². The van der Waals surface area contributed by atoms with Gasteiger partial charge in [0.2, 0.25) is 0 Å². The maximum absolute atomic E-state index is 6.00. The fraction of sp³-hybridized carbons (Fsp3) is 0.733. The molecule has 18 heavy (non-hydrogen) atoms. The highest BCUT2D eigenvalue weighted by atomic mass is 32.1. The average molecular weight is 267 g/mol. The van der Waals surface area contributed by atoms with Gasteiger partial charge in [0.1, 0.15) is 0 Å². The molecule has 0 bridgehead atoms. The van der Waals surface area contributed by atoms with E-state index in [1.165, 1.54) is 23.3 Å². The second kappa shape index (κ2) is 5.72. The average Bonchev–Trinajstić information content (AvgIpc) is 2.79. The molecule has 1 aliphatic carbocycles. The zero-order valence-corrected chi connectivity index (χ0v) is 12.8. The second-order valence-electron chi connectivity index (χ2n) is 5.61. The molecule has 1 aromatic heterocycles. The summed E-state index contributed by atoms with van der Waals surface area (Å²) in [6, 6.07) is 2.57. The lowest BCUT2D eigenvalue weighted by Crippen LogP contribution is -2.47. The van der Waals surface area contributed by atoms with Gasteiger partial charge in [0.05, 0.1) is 11.6 Å². The van der Waals surface area contributed by atoms with Crippen LogP contribution in [0.2, 0.25) is 0 Å². The predicted octanol–water partition coefficient (Wildman–Crippen LogP) is 3.91. The Hall–Kier alpha value is -0.380. The molecule has 2 nitrogen and oxygen atoms in total. The highest BCUT2D eigenvalue weighted by Gasteiger charge is 2.42. The second-order valence-corrected chi connectivity index (χ2v) is 6.73. The van der Waals surface area contributed by atoms with Gasteiger partial charge in [-0.1, -0.05) is 6.92 Å². The fourth-order valence-electron chi connectivity index (χ4n) is 3.26. The SMILES string of the molecule is CNC(c1ccsc1C)C1(OC)CCC(C)CC1. The molecule has 1 saturated carbocycles. The van der Waals surface area contributed by atoms with Crippen molar-refractivity contribution in [3.8, 4) is 0 Å². The van der Waals surface area contributed by atoms with E-state index in [2.05, 4.69) is 37.7 Å². The Morgan fingerprint density at radius 3 is 2.56 bits per heavy atom. The van der Waals surface area contributed by atoms with Crippen LogP contribution >= 0.6 is 11.3 Å². The number of hydrogen-bond donors (Lipinski definition) is 1. The molecule has 2 rings (SSSR count). The molecule has 0 spiro atoms. The third-order valence-corrected chi connectivity index (χ3v) is 5.41. The van der Waals surface area contributed by atoms with E-state index in [0.29, 0.717) is 6.04 Å². The zero-order chi connectivity index (χ0) is 13.2. The molecular weight excluding hydrogens is 242 g/mol. The van der Waals surface area contributed by atoms with Crippen molar-refractivity contribution < 1.29 is 4.74 Å². The first kappa shape index (κ1) is 14.0. The maximum Gasteiger partial charge on any atom is 0.0873 e. The standard InChI is InChI=1S/C15H25NOS/c1-11-5-8-15(17-4,9-6-11)14(16-3)13-7-10-18-12(13)2/h7,10-11,14,16H,5-6,8-9H2,1-4H3. The van der Waals surface area contributed by atoms with E-state index in [0.717, 1.165) is 18.8 Å². The van der Waals surface area contributed by atoms with Crippen LogP contribution in [0.5, 0.6) is 0 Å². The van der Waals surface area contributed by atoms with Gasteiger partial charge >= 0.3 is 0 Å². The number of likely N-dealkylation sites (N-methyl/N-ethyl adjacent to an activating group) is 1. The molecule has 102 valence electrons. The van der Waals surface area contributed by atoms with Crippen LogP contribution in [0.1, 0.15) is 49.1 Å². The normalized spacial score (nSPS) is 30.3. The molecule has 1 atom stereocenters. The van der Waals surface area contributed by atoms with Gasteiger partial charge in [0.15, 0.2) is 0 Å². The van der Waals surface area contributed by atoms with Crippen LogP contribution in [-0.2, 0) is 4.74 Å². The number of nitrogens with one attached hydrogen (secondary N) is 1. The minimum absolute atomic E-state index is 0.0207. The Morgan fingerprint density at radius 1 is 1.44 bits per heavy atom. The van der Waals surface area contributed by atoms with Crippen LogP contribution in [0.25, 0.3) is 0 Å². The van der Waals surface area contributed by atoms with Crippen LogP contribution in [0.4, 0.5) is 0 Å². The van der Waals surface area contributed by atoms with Crippen LogP contribution in [0, 0.1) is 12.8 Å². The molecule has 0 aromatic carbocycles. The third kappa shape index (κ3) is 2.49. The summed E-state index contributed by atoms with van der Waals surface area (Å²) >= 11 is 1.83. The zero-order valence-electron chi connectivity index (χ0n) is 12.0. The van der Waals surface area contributed by atoms with Crippen molar-refractivity contribution in [2.24, 2.45) is 5.92 Å². The van der Waals surface area contributed by atoms with Crippen molar-refractivity contribution in [2.45, 2.75) is 51.2 Å². The van der Waals surface area contributed by atoms with Crippen LogP contribution in [-0.4, -0.2) is 19.8 Å². The molecule has 1 N–H and O–H groups in total. The lowest BCUT2D eigenvalue weighted by Gasteiger charge is -2.44. The molecule has 3 heteroatoms. The highest BCUT2D eigenvalue weighted by molar-refractivity contribution is 7.10. The largest absolute Gasteiger partial charge is 0.376 e. The monoisotopic (exact) mass is 267 g/mol. The summed E-state index contributed by atoms with van der Waals surface area (Å²) in [4.78, 5) is 1.41. The van der Waals surface area contributed by atoms with Crippen LogP contribution < -0.4 is 5.32 Å². The van der Waals surface area contributed by atoms with Gasteiger partial charge in [-0.25, -0.2) is 0 Å². The lowest BCUT2D eigenvalue weighted by molar-refractivity contribution is -0.0745. The first-order valence-corrected chi connectivity index (χ1v) is 7.77. The van der Waals surface area contributed by atoms with E-state index in [-0.39, 0.29) is 5.60 Å². The number of hydrogen-bond acceptors (Lipinski definition) is 3. The molecule has 1 unspecified atom stereocenters. The molecule has 0 aliphatic heterocycles. The number of ether oxygens (including phenoxy) is 1. The Morgan fingerprint density at radius 2 is 2.11 bits per heavy atom. The maximum atomic E-state index is 6.00. The van der Waals surface area contributed by atoms with E-state index < -0.39 is 0 Å². The summed E-state index contributed by atoms with van der Waals surface area (Å²) < 4.78 is 6.00. The van der Waals surface area contributed by atoms with Crippen molar-refractivity contribution in [3.05, 3.63) is 21.9 Å². The minimum atomic E-state index is -0.0207. The number of methoxy groups -OCH3 is 1. The molecule has 0 radical (unpaired) electrons. The molecule has 1 aliphatic rings. The highest BCUT2D eigenvalue weighted by Crippen LogP contribution is 2.44. The Labute approximate surface area is 115 Å². The van der Waals surface area contributed by atoms with E-state index >= 15 is 0 Å². The van der Waals surface area contributed by atoms with Crippen LogP contribution in [0.15, 0.2) is 11.4 Å². The Kier molecular flexibility index (Phi) is 4.46. The van der Waals surface area contributed by atoms with Crippen molar-refractivity contribution in [3.63, 3.8) is 0 Å². The van der Waals surface area contributed by atoms with Gasteiger partial charge in [-0.2, -0.15) is 0 Å². The van der Waals surface area contributed by atoms with Gasteiger partial charge < -0.3 is 10.1 Å². The summed E-state index contributed by atoms with van der Waals surface area (Å²) in [6.07, 6.45) is 4.86. The van der Waals surface area contributed by atoms with Crippen molar-refractivity contribution in [2.75, 3.05) is 14.2 Å². The first-order valence-electron chi connectivity index (χ1n) is 6.89. The smallest absolute Gasteiger partial charge is 0.0873 e. The van der Waals surface area contributed by atoms with E-state index in [4.69, 9.17) is 4.74 Å². The molecule has 1 fully saturated rings. The van der Waals surface area contributed by atoms with Crippen molar-refractivity contribution >= 4 is 11.3 Å². The number of aryl methyl sites for hydroxylation is 1. The van der Waals surface area contributed by atoms with E-state index in [1.54, 1.807) is 0 Å². The quantitative estimate of drug-likeness (QED) is 0.893. The molecule has 1 aromatic rings. The third-order valence-electron chi connectivity index (χ3n) is 4.55. The lowest BCUT2D eigenvalue weighted by atomic mass is 9.73. The predicted molar refractivity (Wildman–Crippen MR) is 78.2 cm³/mol. The van der Waals surface area contributed by atoms with Crippen LogP contribution in [0.3, 0.4) is 0 Å².